The Morgan fingerprint density at radius 2 is 2.19 bits per heavy atom. The molecule has 1 N–H and O–H groups in total. The van der Waals surface area contributed by atoms with Crippen LogP contribution in [0.25, 0.3) is 0 Å². The molecule has 0 amide bonds. The molecule has 1 atom stereocenters. The Morgan fingerprint density at radius 1 is 1.50 bits per heavy atom. The fourth-order valence-electron chi connectivity index (χ4n) is 1.52. The van der Waals surface area contributed by atoms with E-state index in [0.717, 1.165) is 10.0 Å². The fraction of sp³-hybridized carbons (Fsp3) is 0.273. The standard InChI is InChI=1S/C11H10BrNO3/c12-8-3-1-7(2-4-8)5-9-6-13-10(16-9)11(14)15/h1-4,9H,5-6H2,(H,14,15). The second-order valence-electron chi connectivity index (χ2n) is 3.52. The first-order valence-corrected chi connectivity index (χ1v) is 5.63. The number of hydrogen-bond acceptors (Lipinski definition) is 3. The van der Waals surface area contributed by atoms with E-state index < -0.39 is 5.97 Å². The molecular formula is C11H10BrNO3. The SMILES string of the molecule is O=C(O)C1=NCC(Cc2ccc(Br)cc2)O1. The number of nitrogens with zero attached hydrogens (tertiary/aromatic N) is 1. The molecule has 1 aromatic rings. The van der Waals surface area contributed by atoms with Crippen molar-refractivity contribution in [2.75, 3.05) is 6.54 Å². The molecule has 1 aliphatic heterocycles. The number of aliphatic imine (C=N–C) groups is 1. The third-order valence-corrected chi connectivity index (χ3v) is 2.81. The number of ether oxygens (including phenoxy) is 1. The van der Waals surface area contributed by atoms with Crippen LogP contribution in [0.1, 0.15) is 5.56 Å². The molecule has 16 heavy (non-hydrogen) atoms. The Bertz CT molecular complexity index is 427. The van der Waals surface area contributed by atoms with Crippen LogP contribution in [0.15, 0.2) is 33.7 Å². The highest BCUT2D eigenvalue weighted by Crippen LogP contribution is 2.15. The Morgan fingerprint density at radius 3 is 2.75 bits per heavy atom. The molecule has 84 valence electrons. The van der Waals surface area contributed by atoms with E-state index in [2.05, 4.69) is 20.9 Å². The van der Waals surface area contributed by atoms with Crippen LogP contribution in [0.5, 0.6) is 0 Å². The smallest absolute Gasteiger partial charge is 0.391 e. The minimum atomic E-state index is -1.10. The summed E-state index contributed by atoms with van der Waals surface area (Å²) in [5.74, 6) is -1.28. The van der Waals surface area contributed by atoms with Gasteiger partial charge in [0.15, 0.2) is 0 Å². The summed E-state index contributed by atoms with van der Waals surface area (Å²) in [7, 11) is 0. The molecule has 0 saturated carbocycles. The van der Waals surface area contributed by atoms with Gasteiger partial charge in [-0.1, -0.05) is 28.1 Å². The van der Waals surface area contributed by atoms with Gasteiger partial charge in [0.05, 0.1) is 6.54 Å². The maximum Gasteiger partial charge on any atom is 0.391 e. The van der Waals surface area contributed by atoms with Crippen molar-refractivity contribution in [3.05, 3.63) is 34.3 Å². The van der Waals surface area contributed by atoms with Crippen LogP contribution in [0.2, 0.25) is 0 Å². The minimum absolute atomic E-state index is 0.160. The maximum absolute atomic E-state index is 10.6. The minimum Gasteiger partial charge on any atom is -0.474 e. The van der Waals surface area contributed by atoms with Crippen molar-refractivity contribution in [2.45, 2.75) is 12.5 Å². The molecule has 0 saturated heterocycles. The average Bonchev–Trinajstić information content (AvgIpc) is 2.70. The maximum atomic E-state index is 10.6. The number of halogens is 1. The van der Waals surface area contributed by atoms with Gasteiger partial charge in [0.2, 0.25) is 0 Å². The van der Waals surface area contributed by atoms with Gasteiger partial charge in [-0.25, -0.2) is 9.79 Å². The number of rotatable bonds is 3. The number of benzene rings is 1. The van der Waals surface area contributed by atoms with E-state index in [0.29, 0.717) is 13.0 Å². The summed E-state index contributed by atoms with van der Waals surface area (Å²) in [5.41, 5.74) is 1.11. The van der Waals surface area contributed by atoms with Crippen LogP contribution in [0.3, 0.4) is 0 Å². The third-order valence-electron chi connectivity index (χ3n) is 2.28. The van der Waals surface area contributed by atoms with Crippen molar-refractivity contribution < 1.29 is 14.6 Å². The highest BCUT2D eigenvalue weighted by molar-refractivity contribution is 9.10. The van der Waals surface area contributed by atoms with Crippen molar-refractivity contribution in [1.29, 1.82) is 0 Å². The normalized spacial score (nSPS) is 19.1. The monoisotopic (exact) mass is 283 g/mol. The van der Waals surface area contributed by atoms with Crippen LogP contribution in [-0.4, -0.2) is 29.6 Å². The second-order valence-corrected chi connectivity index (χ2v) is 4.44. The number of carbonyl (C=O) groups is 1. The van der Waals surface area contributed by atoms with E-state index >= 15 is 0 Å². The summed E-state index contributed by atoms with van der Waals surface area (Å²) in [6, 6.07) is 7.85. The fourth-order valence-corrected chi connectivity index (χ4v) is 1.79. The van der Waals surface area contributed by atoms with E-state index in [1.807, 2.05) is 24.3 Å². The molecule has 0 fully saturated rings. The van der Waals surface area contributed by atoms with Crippen molar-refractivity contribution >= 4 is 27.8 Å². The predicted octanol–water partition coefficient (Wildman–Crippen LogP) is 1.87. The second kappa shape index (κ2) is 4.65. The van der Waals surface area contributed by atoms with Crippen molar-refractivity contribution in [2.24, 2.45) is 4.99 Å². The lowest BCUT2D eigenvalue weighted by atomic mass is 10.1. The lowest BCUT2D eigenvalue weighted by molar-refractivity contribution is -0.131. The van der Waals surface area contributed by atoms with Gasteiger partial charge < -0.3 is 9.84 Å². The molecular weight excluding hydrogens is 274 g/mol. The summed E-state index contributed by atoms with van der Waals surface area (Å²) in [4.78, 5) is 14.4. The molecule has 0 aliphatic carbocycles. The van der Waals surface area contributed by atoms with Crippen molar-refractivity contribution in [1.82, 2.24) is 0 Å². The topological polar surface area (TPSA) is 58.9 Å². The molecule has 1 aliphatic rings. The van der Waals surface area contributed by atoms with E-state index in [1.54, 1.807) is 0 Å². The van der Waals surface area contributed by atoms with Crippen LogP contribution in [0.4, 0.5) is 0 Å². The van der Waals surface area contributed by atoms with Crippen LogP contribution < -0.4 is 0 Å². The van der Waals surface area contributed by atoms with E-state index in [-0.39, 0.29) is 12.0 Å². The summed E-state index contributed by atoms with van der Waals surface area (Å²) in [6.07, 6.45) is 0.514. The van der Waals surface area contributed by atoms with Gasteiger partial charge in [-0.2, -0.15) is 0 Å². The molecule has 0 bridgehead atoms. The average molecular weight is 284 g/mol. The van der Waals surface area contributed by atoms with Gasteiger partial charge >= 0.3 is 5.97 Å². The Balaban J connectivity index is 1.94. The van der Waals surface area contributed by atoms with Gasteiger partial charge in [-0.15, -0.1) is 0 Å². The highest BCUT2D eigenvalue weighted by atomic mass is 79.9. The number of aliphatic carboxylic acids is 1. The van der Waals surface area contributed by atoms with Gasteiger partial charge in [-0.05, 0) is 17.7 Å². The molecule has 4 nitrogen and oxygen atoms in total. The lowest BCUT2D eigenvalue weighted by Crippen LogP contribution is -2.20. The van der Waals surface area contributed by atoms with Crippen LogP contribution in [0, 0.1) is 0 Å². The van der Waals surface area contributed by atoms with Crippen molar-refractivity contribution in [3.63, 3.8) is 0 Å². The molecule has 0 radical (unpaired) electrons. The number of carboxylic acids is 1. The van der Waals surface area contributed by atoms with E-state index in [1.165, 1.54) is 0 Å². The summed E-state index contributed by atoms with van der Waals surface area (Å²) >= 11 is 3.36. The van der Waals surface area contributed by atoms with E-state index in [9.17, 15) is 4.79 Å². The predicted molar refractivity (Wildman–Crippen MR) is 62.7 cm³/mol. The quantitative estimate of drug-likeness (QED) is 0.921. The first-order chi connectivity index (χ1) is 7.65. The molecule has 2 rings (SSSR count). The first-order valence-electron chi connectivity index (χ1n) is 4.84. The first kappa shape index (κ1) is 11.1. The third kappa shape index (κ3) is 2.61. The number of carboxylic acid groups (broad SMARTS) is 1. The Hall–Kier alpha value is -1.36. The van der Waals surface area contributed by atoms with Gasteiger partial charge in [0.25, 0.3) is 5.90 Å². The highest BCUT2D eigenvalue weighted by Gasteiger charge is 2.24. The Labute approximate surface area is 101 Å². The molecule has 1 unspecified atom stereocenters. The lowest BCUT2D eigenvalue weighted by Gasteiger charge is -2.09. The van der Waals surface area contributed by atoms with Crippen LogP contribution >= 0.6 is 15.9 Å². The largest absolute Gasteiger partial charge is 0.474 e. The zero-order valence-electron chi connectivity index (χ0n) is 8.39. The van der Waals surface area contributed by atoms with Gasteiger partial charge in [-0.3, -0.25) is 0 Å². The summed E-state index contributed by atoms with van der Waals surface area (Å²) < 4.78 is 6.22. The number of hydrogen-bond donors (Lipinski definition) is 1. The van der Waals surface area contributed by atoms with Crippen molar-refractivity contribution in [3.8, 4) is 0 Å². The van der Waals surface area contributed by atoms with Crippen LogP contribution in [-0.2, 0) is 16.0 Å². The van der Waals surface area contributed by atoms with Gasteiger partial charge in [0, 0.05) is 10.9 Å². The molecule has 0 aromatic heterocycles. The summed E-state index contributed by atoms with van der Waals surface area (Å²) in [6.45, 7) is 0.414. The Kier molecular flexibility index (Phi) is 3.24. The van der Waals surface area contributed by atoms with E-state index in [4.69, 9.17) is 9.84 Å². The molecule has 1 aromatic carbocycles. The zero-order chi connectivity index (χ0) is 11.5. The molecule has 5 heteroatoms. The van der Waals surface area contributed by atoms with Gasteiger partial charge in [0.1, 0.15) is 6.10 Å². The molecule has 1 heterocycles. The summed E-state index contributed by atoms with van der Waals surface area (Å²) in [5, 5.41) is 8.67. The molecule has 0 spiro atoms. The zero-order valence-corrected chi connectivity index (χ0v) is 9.98.